The molecule has 61 heavy (non-hydrogen) atoms. The van der Waals surface area contributed by atoms with Gasteiger partial charge >= 0.3 is 0 Å². The van der Waals surface area contributed by atoms with Crippen molar-refractivity contribution >= 4 is 88.2 Å². The number of para-hydroxylation sites is 5. The summed E-state index contributed by atoms with van der Waals surface area (Å²) >= 11 is 0. The third kappa shape index (κ3) is 5.26. The number of pyridine rings is 1. The zero-order valence-electron chi connectivity index (χ0n) is 34.9. The van der Waals surface area contributed by atoms with Crippen LogP contribution >= 0.6 is 0 Å². The van der Waals surface area contributed by atoms with Crippen LogP contribution in [0, 0.1) is 0 Å². The predicted molar refractivity (Wildman–Crippen MR) is 254 cm³/mol. The third-order valence-electron chi connectivity index (χ3n) is 12.9. The van der Waals surface area contributed by atoms with Crippen molar-refractivity contribution < 1.29 is 4.74 Å². The van der Waals surface area contributed by atoms with E-state index in [-0.39, 0.29) is 5.41 Å². The molecule has 7 heteroatoms. The topological polar surface area (TPSA) is 43.4 Å². The molecule has 0 amide bonds. The van der Waals surface area contributed by atoms with Crippen molar-refractivity contribution in [2.45, 2.75) is 26.2 Å². The van der Waals surface area contributed by atoms with Gasteiger partial charge in [0.05, 0.1) is 39.1 Å². The zero-order chi connectivity index (χ0) is 41.1. The van der Waals surface area contributed by atoms with Gasteiger partial charge in [-0.1, -0.05) is 93.6 Å². The minimum atomic E-state index is -0.132. The molecule has 0 bridgehead atoms. The number of aromatic nitrogens is 4. The maximum absolute atomic E-state index is 6.94. The Balaban J connectivity index is 1.03. The van der Waals surface area contributed by atoms with Crippen molar-refractivity contribution in [3.05, 3.63) is 169 Å². The Morgan fingerprint density at radius 2 is 1.07 bits per heavy atom. The van der Waals surface area contributed by atoms with Gasteiger partial charge in [0, 0.05) is 81.5 Å². The number of anilines is 4. The van der Waals surface area contributed by atoms with Crippen molar-refractivity contribution in [2.75, 3.05) is 16.5 Å². The Morgan fingerprint density at radius 3 is 1.70 bits per heavy atom. The van der Waals surface area contributed by atoms with Crippen LogP contribution in [0.15, 0.2) is 164 Å². The van der Waals surface area contributed by atoms with Gasteiger partial charge in [0.1, 0.15) is 24.0 Å². The van der Waals surface area contributed by atoms with Crippen LogP contribution in [0.3, 0.4) is 0 Å². The van der Waals surface area contributed by atoms with Gasteiger partial charge in [0.2, 0.25) is 0 Å². The molecule has 0 saturated carbocycles. The summed E-state index contributed by atoms with van der Waals surface area (Å²) in [5, 5.41) is 7.39. The molecule has 5 heterocycles. The van der Waals surface area contributed by atoms with Crippen molar-refractivity contribution in [2.24, 2.45) is 14.1 Å². The van der Waals surface area contributed by atoms with Gasteiger partial charge in [-0.3, -0.25) is 4.57 Å². The van der Waals surface area contributed by atoms with E-state index in [9.17, 15) is 0 Å². The predicted octanol–water partition coefficient (Wildman–Crippen LogP) is 13.8. The SMILES string of the molecule is Cn1c2ccccc2c2cc3c4ccccc4n(C)c3c(N3CN(c4cc(Oc5ccc6c7ccccc7n(-c7ccccn7)c6c5)cc(C(C)(C)C)c4)c4ccccc43)c21. The van der Waals surface area contributed by atoms with E-state index in [0.29, 0.717) is 6.67 Å². The highest BCUT2D eigenvalue weighted by Crippen LogP contribution is 2.51. The summed E-state index contributed by atoms with van der Waals surface area (Å²) in [5.41, 5.74) is 12.7. The van der Waals surface area contributed by atoms with Gasteiger partial charge in [0.25, 0.3) is 0 Å². The second kappa shape index (κ2) is 13.0. The van der Waals surface area contributed by atoms with E-state index in [2.05, 4.69) is 204 Å². The monoisotopic (exact) mass is 792 g/mol. The molecule has 0 radical (unpaired) electrons. The van der Waals surface area contributed by atoms with Crippen LogP contribution in [-0.2, 0) is 19.5 Å². The molecular formula is C54H44N6O. The van der Waals surface area contributed by atoms with Crippen LogP contribution < -0.4 is 14.5 Å². The molecule has 12 rings (SSSR count). The van der Waals surface area contributed by atoms with E-state index in [4.69, 9.17) is 9.72 Å². The third-order valence-corrected chi connectivity index (χ3v) is 12.9. The molecule has 0 unspecified atom stereocenters. The number of fused-ring (bicyclic) bond motifs is 10. The molecule has 0 fully saturated rings. The lowest BCUT2D eigenvalue weighted by atomic mass is 9.86. The first-order chi connectivity index (χ1) is 29.7. The van der Waals surface area contributed by atoms with E-state index < -0.39 is 0 Å². The second-order valence-corrected chi connectivity index (χ2v) is 17.4. The van der Waals surface area contributed by atoms with Crippen LogP contribution in [0.5, 0.6) is 11.5 Å². The van der Waals surface area contributed by atoms with E-state index in [0.717, 1.165) is 45.1 Å². The molecule has 296 valence electrons. The fourth-order valence-electron chi connectivity index (χ4n) is 9.96. The summed E-state index contributed by atoms with van der Waals surface area (Å²) in [6, 6.07) is 56.6. The Bertz CT molecular complexity index is 3470. The number of ether oxygens (including phenoxy) is 1. The average Bonchev–Trinajstić information content (AvgIpc) is 4.00. The lowest BCUT2D eigenvalue weighted by Crippen LogP contribution is -2.25. The number of nitrogens with zero attached hydrogens (tertiary/aromatic N) is 6. The number of hydrogen-bond acceptors (Lipinski definition) is 4. The maximum atomic E-state index is 6.94. The molecule has 4 aromatic heterocycles. The van der Waals surface area contributed by atoms with Gasteiger partial charge in [0.15, 0.2) is 0 Å². The molecular weight excluding hydrogens is 749 g/mol. The first kappa shape index (κ1) is 35.4. The van der Waals surface area contributed by atoms with Crippen LogP contribution in [-0.4, -0.2) is 25.4 Å². The van der Waals surface area contributed by atoms with Crippen LogP contribution in [0.25, 0.3) is 71.2 Å². The summed E-state index contributed by atoms with van der Waals surface area (Å²) in [7, 11) is 4.43. The van der Waals surface area contributed by atoms with E-state index in [1.165, 1.54) is 65.9 Å². The summed E-state index contributed by atoms with van der Waals surface area (Å²) < 4.78 is 13.9. The first-order valence-electron chi connectivity index (χ1n) is 21.0. The fraction of sp³-hybridized carbons (Fsp3) is 0.130. The van der Waals surface area contributed by atoms with Crippen LogP contribution in [0.2, 0.25) is 0 Å². The van der Waals surface area contributed by atoms with Crippen LogP contribution in [0.4, 0.5) is 22.7 Å². The molecule has 0 aliphatic carbocycles. The average molecular weight is 793 g/mol. The molecule has 1 aliphatic rings. The quantitative estimate of drug-likeness (QED) is 0.174. The minimum absolute atomic E-state index is 0.132. The van der Waals surface area contributed by atoms with Crippen LogP contribution in [0.1, 0.15) is 26.3 Å². The standard InChI is InChI=1S/C54H44N6O/c1-54(2,3)34-28-35(30-37(29-34)61-36-25-26-41-38-16-8-11-21-46(38)60(49(41)31-36)50-24-14-15-27-55-50)58-33-59(48-23-13-12-22-47(48)58)53-51-42(39-17-6-9-19-44(39)56(51)4)32-43-40-18-7-10-20-45(40)57(5)52(43)53/h6-32H,33H2,1-5H3. The normalized spacial score (nSPS) is 13.2. The van der Waals surface area contributed by atoms with Crippen molar-refractivity contribution in [1.29, 1.82) is 0 Å². The molecule has 0 atom stereocenters. The van der Waals surface area contributed by atoms with Gasteiger partial charge in [-0.05, 0) is 83.8 Å². The number of aryl methyl sites for hydroxylation is 2. The zero-order valence-corrected chi connectivity index (χ0v) is 34.9. The van der Waals surface area contributed by atoms with Gasteiger partial charge in [-0.15, -0.1) is 0 Å². The molecule has 1 aliphatic heterocycles. The summed E-state index contributed by atoms with van der Waals surface area (Å²) in [5.74, 6) is 2.44. The van der Waals surface area contributed by atoms with Crippen molar-refractivity contribution in [3.63, 3.8) is 0 Å². The fourth-order valence-corrected chi connectivity index (χ4v) is 9.96. The highest BCUT2D eigenvalue weighted by molar-refractivity contribution is 6.25. The number of rotatable bonds is 5. The second-order valence-electron chi connectivity index (χ2n) is 17.4. The highest BCUT2D eigenvalue weighted by Gasteiger charge is 2.33. The molecule has 0 saturated heterocycles. The van der Waals surface area contributed by atoms with Crippen molar-refractivity contribution in [3.8, 4) is 17.3 Å². The molecule has 0 spiro atoms. The Labute approximate surface area is 353 Å². The molecule has 0 N–H and O–H groups in total. The van der Waals surface area contributed by atoms with E-state index in [1.54, 1.807) is 0 Å². The number of hydrogen-bond donors (Lipinski definition) is 0. The smallest absolute Gasteiger partial charge is 0.137 e. The lowest BCUT2D eigenvalue weighted by Gasteiger charge is -2.27. The molecule has 7 aromatic carbocycles. The van der Waals surface area contributed by atoms with E-state index in [1.807, 2.05) is 18.3 Å². The van der Waals surface area contributed by atoms with Crippen molar-refractivity contribution in [1.82, 2.24) is 18.7 Å². The summed E-state index contributed by atoms with van der Waals surface area (Å²) in [4.78, 5) is 9.74. The largest absolute Gasteiger partial charge is 0.457 e. The van der Waals surface area contributed by atoms with Gasteiger partial charge in [-0.25, -0.2) is 4.98 Å². The minimum Gasteiger partial charge on any atom is -0.457 e. The Hall–Kier alpha value is -7.51. The first-order valence-corrected chi connectivity index (χ1v) is 21.0. The summed E-state index contributed by atoms with van der Waals surface area (Å²) in [6.07, 6.45) is 1.85. The summed E-state index contributed by atoms with van der Waals surface area (Å²) in [6.45, 7) is 7.44. The Kier molecular flexibility index (Phi) is 7.55. The number of benzene rings is 7. The van der Waals surface area contributed by atoms with Gasteiger partial charge in [-0.2, -0.15) is 0 Å². The Morgan fingerprint density at radius 1 is 0.492 bits per heavy atom. The maximum Gasteiger partial charge on any atom is 0.137 e. The lowest BCUT2D eigenvalue weighted by molar-refractivity contribution is 0.479. The molecule has 7 nitrogen and oxygen atoms in total. The highest BCUT2D eigenvalue weighted by atomic mass is 16.5. The molecule has 11 aromatic rings. The van der Waals surface area contributed by atoms with Gasteiger partial charge < -0.3 is 23.7 Å². The van der Waals surface area contributed by atoms with E-state index >= 15 is 0 Å².